The second-order valence-electron chi connectivity index (χ2n) is 4.29. The number of nitrogen functional groups attached to an aromatic ring is 1. The summed E-state index contributed by atoms with van der Waals surface area (Å²) in [5, 5.41) is 2.67. The van der Waals surface area contributed by atoms with Gasteiger partial charge in [0.25, 0.3) is 5.91 Å². The van der Waals surface area contributed by atoms with Crippen LogP contribution in [0.15, 0.2) is 24.5 Å². The minimum atomic E-state index is -0.401. The molecule has 2 aromatic rings. The minimum absolute atomic E-state index is 0.204. The van der Waals surface area contributed by atoms with Gasteiger partial charge in [0.05, 0.1) is 37.5 Å². The van der Waals surface area contributed by atoms with Crippen LogP contribution >= 0.6 is 0 Å². The third kappa shape index (κ3) is 3.19. The van der Waals surface area contributed by atoms with Crippen LogP contribution < -0.4 is 20.5 Å². The number of anilines is 2. The zero-order chi connectivity index (χ0) is 15.4. The zero-order valence-electron chi connectivity index (χ0n) is 12.0. The van der Waals surface area contributed by atoms with E-state index in [9.17, 15) is 4.79 Å². The Morgan fingerprint density at radius 2 is 1.81 bits per heavy atom. The van der Waals surface area contributed by atoms with Crippen LogP contribution in [0, 0.1) is 6.92 Å². The Labute approximate surface area is 122 Å². The summed E-state index contributed by atoms with van der Waals surface area (Å²) >= 11 is 0. The van der Waals surface area contributed by atoms with E-state index in [1.807, 2.05) is 0 Å². The summed E-state index contributed by atoms with van der Waals surface area (Å²) in [5.74, 6) is 0.557. The number of aryl methyl sites for hydroxylation is 1. The molecule has 3 N–H and O–H groups in total. The number of benzene rings is 1. The summed E-state index contributed by atoms with van der Waals surface area (Å²) in [6.45, 7) is 1.79. The average Bonchev–Trinajstić information content (AvgIpc) is 2.49. The number of methoxy groups -OCH3 is 2. The van der Waals surface area contributed by atoms with Crippen molar-refractivity contribution in [2.45, 2.75) is 6.92 Å². The van der Waals surface area contributed by atoms with E-state index in [0.29, 0.717) is 22.9 Å². The molecule has 0 spiro atoms. The summed E-state index contributed by atoms with van der Waals surface area (Å²) in [6, 6.07) is 3.17. The molecule has 7 heteroatoms. The second-order valence-corrected chi connectivity index (χ2v) is 4.29. The molecule has 0 atom stereocenters. The molecule has 0 fully saturated rings. The molecule has 1 heterocycles. The Kier molecular flexibility index (Phi) is 4.22. The summed E-state index contributed by atoms with van der Waals surface area (Å²) in [5.41, 5.74) is 7.60. The van der Waals surface area contributed by atoms with Crippen LogP contribution in [0.25, 0.3) is 0 Å². The van der Waals surface area contributed by atoms with E-state index in [2.05, 4.69) is 15.3 Å². The SMILES string of the molecule is COc1cc(N)c(NC(=O)c2cnc(C)cn2)cc1OC. The predicted octanol–water partition coefficient (Wildman–Crippen LogP) is 1.64. The van der Waals surface area contributed by atoms with Gasteiger partial charge in [0, 0.05) is 18.3 Å². The molecule has 1 amide bonds. The highest BCUT2D eigenvalue weighted by Crippen LogP contribution is 2.34. The van der Waals surface area contributed by atoms with Crippen molar-refractivity contribution in [3.8, 4) is 11.5 Å². The maximum atomic E-state index is 12.1. The van der Waals surface area contributed by atoms with Gasteiger partial charge in [-0.2, -0.15) is 0 Å². The molecule has 21 heavy (non-hydrogen) atoms. The Bertz CT molecular complexity index is 656. The smallest absolute Gasteiger partial charge is 0.275 e. The molecule has 0 unspecified atom stereocenters. The first-order valence-corrected chi connectivity index (χ1v) is 6.16. The van der Waals surface area contributed by atoms with Gasteiger partial charge in [-0.3, -0.25) is 9.78 Å². The molecule has 1 aromatic carbocycles. The standard InChI is InChI=1S/C14H16N4O3/c1-8-6-17-11(7-16-8)14(19)18-10-5-13(21-3)12(20-2)4-9(10)15/h4-7H,15H2,1-3H3,(H,18,19). The number of nitrogens with zero attached hydrogens (tertiary/aromatic N) is 2. The number of carbonyl (C=O) groups excluding carboxylic acids is 1. The molecule has 0 saturated heterocycles. The van der Waals surface area contributed by atoms with E-state index >= 15 is 0 Å². The highest BCUT2D eigenvalue weighted by Gasteiger charge is 2.13. The summed E-state index contributed by atoms with van der Waals surface area (Å²) in [6.07, 6.45) is 2.93. The highest BCUT2D eigenvalue weighted by atomic mass is 16.5. The molecule has 110 valence electrons. The fraction of sp³-hybridized carbons (Fsp3) is 0.214. The molecule has 0 aliphatic carbocycles. The van der Waals surface area contributed by atoms with Crippen molar-refractivity contribution in [1.82, 2.24) is 9.97 Å². The third-order valence-corrected chi connectivity index (χ3v) is 2.82. The Hall–Kier alpha value is -2.83. The number of hydrogen-bond donors (Lipinski definition) is 2. The minimum Gasteiger partial charge on any atom is -0.493 e. The molecule has 0 saturated carbocycles. The monoisotopic (exact) mass is 288 g/mol. The van der Waals surface area contributed by atoms with Crippen molar-refractivity contribution in [2.75, 3.05) is 25.3 Å². The van der Waals surface area contributed by atoms with E-state index in [1.165, 1.54) is 26.6 Å². The number of rotatable bonds is 4. The van der Waals surface area contributed by atoms with Crippen molar-refractivity contribution < 1.29 is 14.3 Å². The Balaban J connectivity index is 2.26. The number of carbonyl (C=O) groups is 1. The van der Waals surface area contributed by atoms with E-state index in [1.54, 1.807) is 19.1 Å². The lowest BCUT2D eigenvalue weighted by Crippen LogP contribution is -2.15. The van der Waals surface area contributed by atoms with Gasteiger partial charge in [-0.1, -0.05) is 0 Å². The molecular formula is C14H16N4O3. The van der Waals surface area contributed by atoms with Crippen molar-refractivity contribution >= 4 is 17.3 Å². The number of ether oxygens (including phenoxy) is 2. The quantitative estimate of drug-likeness (QED) is 0.830. The number of aromatic nitrogens is 2. The first-order valence-electron chi connectivity index (χ1n) is 6.16. The van der Waals surface area contributed by atoms with Gasteiger partial charge in [0.1, 0.15) is 5.69 Å². The van der Waals surface area contributed by atoms with Gasteiger partial charge < -0.3 is 20.5 Å². The van der Waals surface area contributed by atoms with Crippen LogP contribution in [-0.2, 0) is 0 Å². The van der Waals surface area contributed by atoms with E-state index in [4.69, 9.17) is 15.2 Å². The highest BCUT2D eigenvalue weighted by molar-refractivity contribution is 6.04. The van der Waals surface area contributed by atoms with Crippen LogP contribution in [0.5, 0.6) is 11.5 Å². The second kappa shape index (κ2) is 6.08. The number of nitrogens with two attached hydrogens (primary N) is 1. The zero-order valence-corrected chi connectivity index (χ0v) is 12.0. The molecule has 0 radical (unpaired) electrons. The maximum Gasteiger partial charge on any atom is 0.275 e. The molecule has 0 aliphatic heterocycles. The molecule has 7 nitrogen and oxygen atoms in total. The summed E-state index contributed by atoms with van der Waals surface area (Å²) in [7, 11) is 3.02. The first-order chi connectivity index (χ1) is 10.0. The van der Waals surface area contributed by atoms with Crippen molar-refractivity contribution in [2.24, 2.45) is 0 Å². The van der Waals surface area contributed by atoms with Crippen LogP contribution in [0.3, 0.4) is 0 Å². The summed E-state index contributed by atoms with van der Waals surface area (Å²) in [4.78, 5) is 20.1. The van der Waals surface area contributed by atoms with Gasteiger partial charge in [0.2, 0.25) is 0 Å². The van der Waals surface area contributed by atoms with Gasteiger partial charge in [-0.15, -0.1) is 0 Å². The number of amides is 1. The number of hydrogen-bond acceptors (Lipinski definition) is 6. The van der Waals surface area contributed by atoms with Gasteiger partial charge >= 0.3 is 0 Å². The third-order valence-electron chi connectivity index (χ3n) is 2.82. The van der Waals surface area contributed by atoms with Crippen LogP contribution in [0.2, 0.25) is 0 Å². The fourth-order valence-electron chi connectivity index (χ4n) is 1.70. The molecule has 1 aromatic heterocycles. The first kappa shape index (κ1) is 14.6. The topological polar surface area (TPSA) is 99.4 Å². The van der Waals surface area contributed by atoms with Crippen LogP contribution in [0.1, 0.15) is 16.2 Å². The Morgan fingerprint density at radius 1 is 1.14 bits per heavy atom. The van der Waals surface area contributed by atoms with Gasteiger partial charge in [0.15, 0.2) is 11.5 Å². The average molecular weight is 288 g/mol. The van der Waals surface area contributed by atoms with Gasteiger partial charge in [-0.05, 0) is 6.92 Å². The van der Waals surface area contributed by atoms with Crippen LogP contribution in [-0.4, -0.2) is 30.1 Å². The molecule has 0 bridgehead atoms. The van der Waals surface area contributed by atoms with Crippen LogP contribution in [0.4, 0.5) is 11.4 Å². The molecule has 0 aliphatic rings. The normalized spacial score (nSPS) is 10.0. The van der Waals surface area contributed by atoms with E-state index < -0.39 is 5.91 Å². The largest absolute Gasteiger partial charge is 0.493 e. The lowest BCUT2D eigenvalue weighted by Gasteiger charge is -2.13. The van der Waals surface area contributed by atoms with Gasteiger partial charge in [-0.25, -0.2) is 4.98 Å². The van der Waals surface area contributed by atoms with E-state index in [0.717, 1.165) is 5.69 Å². The van der Waals surface area contributed by atoms with E-state index in [-0.39, 0.29) is 5.69 Å². The predicted molar refractivity (Wildman–Crippen MR) is 78.7 cm³/mol. The van der Waals surface area contributed by atoms with Crippen molar-refractivity contribution in [1.29, 1.82) is 0 Å². The van der Waals surface area contributed by atoms with Crippen molar-refractivity contribution in [3.63, 3.8) is 0 Å². The van der Waals surface area contributed by atoms with Crippen molar-refractivity contribution in [3.05, 3.63) is 35.9 Å². The Morgan fingerprint density at radius 3 is 2.38 bits per heavy atom. The molecular weight excluding hydrogens is 272 g/mol. The summed E-state index contributed by atoms with van der Waals surface area (Å²) < 4.78 is 10.3. The molecule has 2 rings (SSSR count). The maximum absolute atomic E-state index is 12.1. The lowest BCUT2D eigenvalue weighted by atomic mass is 10.2. The lowest BCUT2D eigenvalue weighted by molar-refractivity contribution is 0.102. The fourth-order valence-corrected chi connectivity index (χ4v) is 1.70. The number of nitrogens with one attached hydrogen (secondary N) is 1.